The first-order valence-corrected chi connectivity index (χ1v) is 10.1. The zero-order valence-corrected chi connectivity index (χ0v) is 17.9. The number of aliphatic carboxylic acids is 1. The summed E-state index contributed by atoms with van der Waals surface area (Å²) in [4.78, 5) is 48.0. The lowest BCUT2D eigenvalue weighted by molar-refractivity contribution is -0.140. The molecule has 0 heterocycles. The number of benzene rings is 2. The number of carboxylic acid groups (broad SMARTS) is 1. The van der Waals surface area contributed by atoms with Gasteiger partial charge in [0.25, 0.3) is 11.8 Å². The maximum Gasteiger partial charge on any atom is 0.334 e. The van der Waals surface area contributed by atoms with Crippen molar-refractivity contribution < 1.29 is 29.0 Å². The Morgan fingerprint density at radius 1 is 0.844 bits per heavy atom. The van der Waals surface area contributed by atoms with Crippen LogP contribution in [-0.2, 0) is 14.3 Å². The predicted molar refractivity (Wildman–Crippen MR) is 118 cm³/mol. The summed E-state index contributed by atoms with van der Waals surface area (Å²) in [7, 11) is 0. The molecular weight excluding hydrogens is 412 g/mol. The number of carbonyl (C=O) groups excluding carboxylic acids is 3. The van der Waals surface area contributed by atoms with Gasteiger partial charge >= 0.3 is 11.9 Å². The molecule has 2 rings (SSSR count). The molecule has 0 aliphatic carbocycles. The lowest BCUT2D eigenvalue weighted by Gasteiger charge is -2.17. The highest BCUT2D eigenvalue weighted by molar-refractivity contribution is 5.97. The van der Waals surface area contributed by atoms with Crippen molar-refractivity contribution in [2.24, 2.45) is 0 Å². The number of hydrogen-bond acceptors (Lipinski definition) is 5. The Bertz CT molecular complexity index is 972. The molecule has 0 aliphatic rings. The second kappa shape index (κ2) is 12.0. The van der Waals surface area contributed by atoms with Crippen LogP contribution >= 0.6 is 0 Å². The van der Waals surface area contributed by atoms with Crippen molar-refractivity contribution in [1.29, 1.82) is 0 Å². The molecule has 8 nitrogen and oxygen atoms in total. The first-order valence-electron chi connectivity index (χ1n) is 10.1. The molecule has 3 N–H and O–H groups in total. The van der Waals surface area contributed by atoms with E-state index in [-0.39, 0.29) is 30.4 Å². The minimum absolute atomic E-state index is 0.0333. The Hall–Kier alpha value is -3.94. The largest absolute Gasteiger partial charge is 0.478 e. The van der Waals surface area contributed by atoms with Gasteiger partial charge in [0.15, 0.2) is 0 Å². The molecule has 0 bridgehead atoms. The molecule has 8 heteroatoms. The lowest BCUT2D eigenvalue weighted by atomic mass is 10.1. The summed E-state index contributed by atoms with van der Waals surface area (Å²) < 4.78 is 5.20. The first kappa shape index (κ1) is 24.3. The zero-order chi connectivity index (χ0) is 23.5. The van der Waals surface area contributed by atoms with Crippen LogP contribution in [0.15, 0.2) is 72.3 Å². The van der Waals surface area contributed by atoms with E-state index in [0.29, 0.717) is 11.1 Å². The minimum atomic E-state index is -1.30. The molecular formula is C24H26N2O6. The van der Waals surface area contributed by atoms with Gasteiger partial charge in [0.2, 0.25) is 0 Å². The van der Waals surface area contributed by atoms with Crippen LogP contribution in [0.2, 0.25) is 0 Å². The Balaban J connectivity index is 1.91. The van der Waals surface area contributed by atoms with Crippen LogP contribution in [0.5, 0.6) is 0 Å². The van der Waals surface area contributed by atoms with Crippen molar-refractivity contribution in [2.75, 3.05) is 6.61 Å². The van der Waals surface area contributed by atoms with E-state index in [1.807, 2.05) is 0 Å². The van der Waals surface area contributed by atoms with E-state index in [9.17, 15) is 19.2 Å². The molecule has 2 amide bonds. The summed E-state index contributed by atoms with van der Waals surface area (Å²) >= 11 is 0. The van der Waals surface area contributed by atoms with Crippen molar-refractivity contribution in [2.45, 2.75) is 32.4 Å². The van der Waals surface area contributed by atoms with Crippen molar-refractivity contribution in [3.63, 3.8) is 0 Å². The monoisotopic (exact) mass is 438 g/mol. The summed E-state index contributed by atoms with van der Waals surface area (Å²) in [5, 5.41) is 14.5. The van der Waals surface area contributed by atoms with Gasteiger partial charge in [-0.1, -0.05) is 36.4 Å². The van der Waals surface area contributed by atoms with Gasteiger partial charge in [0.1, 0.15) is 6.61 Å². The summed E-state index contributed by atoms with van der Waals surface area (Å²) in [5.41, 5.74) is 0.828. The third-order valence-corrected chi connectivity index (χ3v) is 4.38. The van der Waals surface area contributed by atoms with E-state index in [0.717, 1.165) is 6.08 Å². The van der Waals surface area contributed by atoms with Gasteiger partial charge in [-0.15, -0.1) is 0 Å². The molecule has 168 valence electrons. The maximum absolute atomic E-state index is 12.5. The van der Waals surface area contributed by atoms with Crippen LogP contribution in [-0.4, -0.2) is 47.6 Å². The average molecular weight is 438 g/mol. The highest BCUT2D eigenvalue weighted by Gasteiger charge is 2.20. The summed E-state index contributed by atoms with van der Waals surface area (Å²) in [6, 6.07) is 16.1. The summed E-state index contributed by atoms with van der Waals surface area (Å²) in [5.74, 6) is -2.77. The molecule has 0 saturated carbocycles. The molecule has 0 aromatic heterocycles. The summed E-state index contributed by atoms with van der Waals surface area (Å²) in [6.07, 6.45) is 0.731. The maximum atomic E-state index is 12.5. The third kappa shape index (κ3) is 8.06. The Morgan fingerprint density at radius 3 is 1.78 bits per heavy atom. The van der Waals surface area contributed by atoms with Crippen LogP contribution in [0.4, 0.5) is 0 Å². The fourth-order valence-corrected chi connectivity index (χ4v) is 2.86. The zero-order valence-electron chi connectivity index (χ0n) is 17.9. The van der Waals surface area contributed by atoms with E-state index in [1.54, 1.807) is 74.5 Å². The van der Waals surface area contributed by atoms with E-state index in [4.69, 9.17) is 9.84 Å². The molecule has 0 aliphatic heterocycles. The first-order chi connectivity index (χ1) is 15.3. The smallest absolute Gasteiger partial charge is 0.334 e. The second-order valence-corrected chi connectivity index (χ2v) is 7.29. The second-order valence-electron chi connectivity index (χ2n) is 7.29. The molecule has 0 saturated heterocycles. The number of esters is 1. The standard InChI is InChI=1S/C24H26N2O6/c1-16(25-22(29)18-9-5-3-6-10-18)13-20(14-21(27)28)24(31)32-15-17(2)26-23(30)19-11-7-4-8-12-19/h3-12,14,16-17H,13,15H2,1-2H3,(H,25,29)(H,26,30)(H,27,28)/t16-,17-/m1/s1. The minimum Gasteiger partial charge on any atom is -0.478 e. The molecule has 0 spiro atoms. The summed E-state index contributed by atoms with van der Waals surface area (Å²) in [6.45, 7) is 3.18. The molecule has 2 aromatic rings. The van der Waals surface area contributed by atoms with Crippen molar-refractivity contribution in [1.82, 2.24) is 10.6 Å². The number of ether oxygens (including phenoxy) is 1. The fraction of sp³-hybridized carbons (Fsp3) is 0.250. The van der Waals surface area contributed by atoms with Crippen LogP contribution in [0.1, 0.15) is 41.0 Å². The van der Waals surface area contributed by atoms with Gasteiger partial charge in [-0.25, -0.2) is 9.59 Å². The Labute approximate surface area is 186 Å². The normalized spacial score (nSPS) is 12.9. The fourth-order valence-electron chi connectivity index (χ4n) is 2.86. The average Bonchev–Trinajstić information content (AvgIpc) is 2.77. The SMILES string of the molecule is C[C@H](COC(=O)C(=CC(=O)O)C[C@@H](C)NC(=O)c1ccccc1)NC(=O)c1ccccc1. The van der Waals surface area contributed by atoms with Gasteiger partial charge in [-0.2, -0.15) is 0 Å². The quantitative estimate of drug-likeness (QED) is 0.387. The van der Waals surface area contributed by atoms with E-state index < -0.39 is 24.0 Å². The number of carboxylic acids is 1. The molecule has 2 aromatic carbocycles. The van der Waals surface area contributed by atoms with Crippen molar-refractivity contribution in [3.05, 3.63) is 83.4 Å². The van der Waals surface area contributed by atoms with Gasteiger partial charge < -0.3 is 20.5 Å². The third-order valence-electron chi connectivity index (χ3n) is 4.38. The highest BCUT2D eigenvalue weighted by Crippen LogP contribution is 2.10. The number of rotatable bonds is 10. The van der Waals surface area contributed by atoms with E-state index >= 15 is 0 Å². The van der Waals surface area contributed by atoms with E-state index in [1.165, 1.54) is 0 Å². The number of hydrogen-bond donors (Lipinski definition) is 3. The molecule has 0 fully saturated rings. The van der Waals surface area contributed by atoms with Gasteiger partial charge in [0.05, 0.1) is 6.04 Å². The lowest BCUT2D eigenvalue weighted by Crippen LogP contribution is -2.37. The molecule has 2 atom stereocenters. The molecule has 32 heavy (non-hydrogen) atoms. The Kier molecular flexibility index (Phi) is 9.16. The van der Waals surface area contributed by atoms with Crippen molar-refractivity contribution >= 4 is 23.8 Å². The van der Waals surface area contributed by atoms with E-state index in [2.05, 4.69) is 10.6 Å². The van der Waals surface area contributed by atoms with Gasteiger partial charge in [-0.3, -0.25) is 9.59 Å². The van der Waals surface area contributed by atoms with Gasteiger partial charge in [0, 0.05) is 28.8 Å². The van der Waals surface area contributed by atoms with Crippen LogP contribution < -0.4 is 10.6 Å². The number of carbonyl (C=O) groups is 4. The topological polar surface area (TPSA) is 122 Å². The van der Waals surface area contributed by atoms with Crippen molar-refractivity contribution in [3.8, 4) is 0 Å². The predicted octanol–water partition coefficient (Wildman–Crippen LogP) is 2.57. The number of amides is 2. The highest BCUT2D eigenvalue weighted by atomic mass is 16.5. The van der Waals surface area contributed by atoms with Crippen LogP contribution in [0.3, 0.4) is 0 Å². The number of nitrogens with one attached hydrogen (secondary N) is 2. The van der Waals surface area contributed by atoms with Crippen LogP contribution in [0, 0.1) is 0 Å². The molecule has 0 unspecified atom stereocenters. The molecule has 0 radical (unpaired) electrons. The van der Waals surface area contributed by atoms with Gasteiger partial charge in [-0.05, 0) is 44.5 Å². The Morgan fingerprint density at radius 2 is 1.31 bits per heavy atom. The van der Waals surface area contributed by atoms with Crippen LogP contribution in [0.25, 0.3) is 0 Å².